The Hall–Kier alpha value is -0.510. The average Bonchev–Trinajstić information content (AvgIpc) is 2.51. The number of methoxy groups -OCH3 is 2. The predicted molar refractivity (Wildman–Crippen MR) is 85.1 cm³/mol. The Balaban J connectivity index is 1.88. The van der Waals surface area contributed by atoms with Crippen molar-refractivity contribution in [3.05, 3.63) is 29.8 Å². The van der Waals surface area contributed by atoms with Gasteiger partial charge >= 0.3 is 0 Å². The molecule has 0 aromatic heterocycles. The maximum Gasteiger partial charge on any atom is 0.183 e. The SMILES string of the molecule is CCC1CCC(Sc2ccc(C(OC)OC)cc2)CC1. The van der Waals surface area contributed by atoms with Crippen molar-refractivity contribution in [1.82, 2.24) is 0 Å². The van der Waals surface area contributed by atoms with Crippen LogP contribution >= 0.6 is 11.8 Å². The van der Waals surface area contributed by atoms with Gasteiger partial charge in [0, 0.05) is 29.9 Å². The van der Waals surface area contributed by atoms with Crippen molar-refractivity contribution in [2.75, 3.05) is 14.2 Å². The Bertz CT molecular complexity index is 378. The first-order valence-corrected chi connectivity index (χ1v) is 8.47. The van der Waals surface area contributed by atoms with Crippen LogP contribution in [0.15, 0.2) is 29.2 Å². The smallest absolute Gasteiger partial charge is 0.183 e. The Kier molecular flexibility index (Phi) is 6.40. The zero-order valence-electron chi connectivity index (χ0n) is 12.8. The summed E-state index contributed by atoms with van der Waals surface area (Å²) in [6.45, 7) is 2.32. The van der Waals surface area contributed by atoms with E-state index in [2.05, 4.69) is 31.2 Å². The van der Waals surface area contributed by atoms with E-state index in [0.29, 0.717) is 0 Å². The summed E-state index contributed by atoms with van der Waals surface area (Å²) in [4.78, 5) is 1.36. The lowest BCUT2D eigenvalue weighted by atomic mass is 9.87. The molecular weight excluding hydrogens is 268 g/mol. The van der Waals surface area contributed by atoms with Gasteiger partial charge in [-0.3, -0.25) is 0 Å². The van der Waals surface area contributed by atoms with Crippen molar-refractivity contribution < 1.29 is 9.47 Å². The molecule has 0 spiro atoms. The van der Waals surface area contributed by atoms with E-state index >= 15 is 0 Å². The van der Waals surface area contributed by atoms with Gasteiger partial charge in [0.15, 0.2) is 6.29 Å². The molecule has 0 unspecified atom stereocenters. The number of benzene rings is 1. The standard InChI is InChI=1S/C17H26O2S/c1-4-13-5-9-15(10-6-13)20-16-11-7-14(8-12-16)17(18-2)19-3/h7-8,11-13,15,17H,4-6,9-10H2,1-3H3. The Morgan fingerprint density at radius 2 is 1.65 bits per heavy atom. The molecule has 0 atom stereocenters. The van der Waals surface area contributed by atoms with Gasteiger partial charge in [0.25, 0.3) is 0 Å². The fourth-order valence-electron chi connectivity index (χ4n) is 2.92. The van der Waals surface area contributed by atoms with Crippen LogP contribution in [0.3, 0.4) is 0 Å². The van der Waals surface area contributed by atoms with Gasteiger partial charge in [0.2, 0.25) is 0 Å². The van der Waals surface area contributed by atoms with Gasteiger partial charge in [0.05, 0.1) is 0 Å². The molecule has 3 heteroatoms. The number of thioether (sulfide) groups is 1. The molecule has 1 saturated carbocycles. The first-order chi connectivity index (χ1) is 9.76. The van der Waals surface area contributed by atoms with E-state index in [9.17, 15) is 0 Å². The fraction of sp³-hybridized carbons (Fsp3) is 0.647. The topological polar surface area (TPSA) is 18.5 Å². The Labute approximate surface area is 127 Å². The monoisotopic (exact) mass is 294 g/mol. The lowest BCUT2D eigenvalue weighted by molar-refractivity contribution is -0.106. The third-order valence-corrected chi connectivity index (χ3v) is 5.60. The maximum atomic E-state index is 5.27. The molecule has 0 saturated heterocycles. The maximum absolute atomic E-state index is 5.27. The van der Waals surface area contributed by atoms with Crippen LogP contribution in [0.4, 0.5) is 0 Å². The highest BCUT2D eigenvalue weighted by Crippen LogP contribution is 2.37. The third-order valence-electron chi connectivity index (χ3n) is 4.25. The summed E-state index contributed by atoms with van der Waals surface area (Å²) < 4.78 is 10.5. The minimum atomic E-state index is -0.256. The molecule has 1 aliphatic carbocycles. The van der Waals surface area contributed by atoms with E-state index in [1.165, 1.54) is 37.0 Å². The number of ether oxygens (including phenoxy) is 2. The van der Waals surface area contributed by atoms with Crippen LogP contribution in [-0.4, -0.2) is 19.5 Å². The molecule has 2 nitrogen and oxygen atoms in total. The van der Waals surface area contributed by atoms with Crippen LogP contribution in [0.25, 0.3) is 0 Å². The lowest BCUT2D eigenvalue weighted by Crippen LogP contribution is -2.15. The first kappa shape index (κ1) is 15.9. The van der Waals surface area contributed by atoms with Crippen LogP contribution < -0.4 is 0 Å². The largest absolute Gasteiger partial charge is 0.352 e. The van der Waals surface area contributed by atoms with E-state index in [4.69, 9.17) is 9.47 Å². The molecule has 0 aliphatic heterocycles. The van der Waals surface area contributed by atoms with E-state index < -0.39 is 0 Å². The van der Waals surface area contributed by atoms with E-state index in [-0.39, 0.29) is 6.29 Å². The van der Waals surface area contributed by atoms with Crippen LogP contribution in [0, 0.1) is 5.92 Å². The first-order valence-electron chi connectivity index (χ1n) is 7.59. The summed E-state index contributed by atoms with van der Waals surface area (Å²) in [5, 5.41) is 0.796. The Morgan fingerprint density at radius 1 is 1.05 bits per heavy atom. The quantitative estimate of drug-likeness (QED) is 0.685. The highest BCUT2D eigenvalue weighted by molar-refractivity contribution is 8.00. The summed E-state index contributed by atoms with van der Waals surface area (Å²) in [7, 11) is 3.34. The van der Waals surface area contributed by atoms with Crippen LogP contribution in [0.2, 0.25) is 0 Å². The van der Waals surface area contributed by atoms with Gasteiger partial charge in [-0.1, -0.05) is 25.5 Å². The summed E-state index contributed by atoms with van der Waals surface area (Å²) in [6, 6.07) is 8.60. The molecule has 0 bridgehead atoms. The molecular formula is C17H26O2S. The van der Waals surface area contributed by atoms with Crippen LogP contribution in [-0.2, 0) is 9.47 Å². The predicted octanol–water partition coefficient (Wildman–Crippen LogP) is 5.04. The summed E-state index contributed by atoms with van der Waals surface area (Å²) in [5.41, 5.74) is 1.08. The lowest BCUT2D eigenvalue weighted by Gasteiger charge is -2.27. The van der Waals surface area contributed by atoms with Crippen LogP contribution in [0.1, 0.15) is 50.9 Å². The zero-order chi connectivity index (χ0) is 14.4. The number of rotatable bonds is 6. The van der Waals surface area contributed by atoms with Crippen molar-refractivity contribution in [3.8, 4) is 0 Å². The van der Waals surface area contributed by atoms with E-state index in [0.717, 1.165) is 16.7 Å². The van der Waals surface area contributed by atoms with Crippen molar-refractivity contribution in [3.63, 3.8) is 0 Å². The van der Waals surface area contributed by atoms with Gasteiger partial charge in [-0.05, 0) is 43.7 Å². The van der Waals surface area contributed by atoms with Gasteiger partial charge in [0.1, 0.15) is 0 Å². The van der Waals surface area contributed by atoms with Crippen molar-refractivity contribution >= 4 is 11.8 Å². The average molecular weight is 294 g/mol. The zero-order valence-corrected chi connectivity index (χ0v) is 13.6. The second kappa shape index (κ2) is 8.06. The van der Waals surface area contributed by atoms with Crippen molar-refractivity contribution in [2.45, 2.75) is 55.5 Å². The van der Waals surface area contributed by atoms with Gasteiger partial charge in [-0.15, -0.1) is 11.8 Å². The molecule has 1 aliphatic rings. The van der Waals surface area contributed by atoms with Gasteiger partial charge < -0.3 is 9.47 Å². The van der Waals surface area contributed by atoms with Gasteiger partial charge in [-0.2, -0.15) is 0 Å². The van der Waals surface area contributed by atoms with Gasteiger partial charge in [-0.25, -0.2) is 0 Å². The highest BCUT2D eigenvalue weighted by Gasteiger charge is 2.20. The molecule has 1 fully saturated rings. The normalized spacial score (nSPS) is 23.2. The molecule has 0 amide bonds. The minimum absolute atomic E-state index is 0.256. The second-order valence-electron chi connectivity index (χ2n) is 5.54. The van der Waals surface area contributed by atoms with E-state index in [1.807, 2.05) is 11.8 Å². The van der Waals surface area contributed by atoms with Crippen molar-refractivity contribution in [1.29, 1.82) is 0 Å². The molecule has 20 heavy (non-hydrogen) atoms. The Morgan fingerprint density at radius 3 is 2.15 bits per heavy atom. The molecule has 1 aromatic rings. The van der Waals surface area contributed by atoms with Crippen molar-refractivity contribution in [2.24, 2.45) is 5.92 Å². The van der Waals surface area contributed by atoms with Crippen LogP contribution in [0.5, 0.6) is 0 Å². The highest BCUT2D eigenvalue weighted by atomic mass is 32.2. The molecule has 0 radical (unpaired) electrons. The minimum Gasteiger partial charge on any atom is -0.352 e. The third kappa shape index (κ3) is 4.24. The second-order valence-corrected chi connectivity index (χ2v) is 6.91. The number of hydrogen-bond donors (Lipinski definition) is 0. The fourth-order valence-corrected chi connectivity index (χ4v) is 4.11. The van der Waals surface area contributed by atoms with E-state index in [1.54, 1.807) is 14.2 Å². The molecule has 0 N–H and O–H groups in total. The summed E-state index contributed by atoms with van der Waals surface area (Å²) in [6.07, 6.45) is 6.63. The summed E-state index contributed by atoms with van der Waals surface area (Å²) in [5.74, 6) is 0.971. The summed E-state index contributed by atoms with van der Waals surface area (Å²) >= 11 is 2.03. The molecule has 1 aromatic carbocycles. The molecule has 112 valence electrons. The number of hydrogen-bond acceptors (Lipinski definition) is 3. The molecule has 0 heterocycles. The molecule has 2 rings (SSSR count).